The fourth-order valence-electron chi connectivity index (χ4n) is 1.02. The number of primary amides is 1. The maximum atomic E-state index is 10.8. The molecule has 0 aliphatic heterocycles. The number of hydrogen-bond acceptors (Lipinski definition) is 2. The van der Waals surface area contributed by atoms with Crippen LogP contribution in [0.2, 0.25) is 0 Å². The van der Waals surface area contributed by atoms with Gasteiger partial charge in [-0.25, -0.2) is 0 Å². The molecule has 0 fully saturated rings. The van der Waals surface area contributed by atoms with Gasteiger partial charge < -0.3 is 11.1 Å². The van der Waals surface area contributed by atoms with Gasteiger partial charge in [-0.2, -0.15) is 0 Å². The summed E-state index contributed by atoms with van der Waals surface area (Å²) in [7, 11) is 0. The molecule has 0 bridgehead atoms. The summed E-state index contributed by atoms with van der Waals surface area (Å²) in [5.41, 5.74) is 6.23. The summed E-state index contributed by atoms with van der Waals surface area (Å²) in [6, 6.07) is 5.61. The van der Waals surface area contributed by atoms with Crippen molar-refractivity contribution in [1.29, 1.82) is 0 Å². The first-order valence-corrected chi connectivity index (χ1v) is 6.06. The molecule has 3 nitrogen and oxygen atoms in total. The minimum atomic E-state index is -0.342. The topological polar surface area (TPSA) is 55.1 Å². The number of halogens is 2. The number of amides is 1. The van der Waals surface area contributed by atoms with Crippen LogP contribution >= 0.6 is 31.9 Å². The molecule has 1 aromatic carbocycles. The summed E-state index contributed by atoms with van der Waals surface area (Å²) >= 11 is 6.81. The Bertz CT molecular complexity index is 368. The first-order valence-electron chi connectivity index (χ1n) is 4.47. The molecule has 0 aliphatic rings. The van der Waals surface area contributed by atoms with Crippen molar-refractivity contribution in [2.75, 3.05) is 0 Å². The van der Waals surface area contributed by atoms with E-state index in [0.717, 1.165) is 14.5 Å². The van der Waals surface area contributed by atoms with Gasteiger partial charge in [-0.1, -0.05) is 6.07 Å². The molecule has 1 amide bonds. The fourth-order valence-corrected chi connectivity index (χ4v) is 1.69. The van der Waals surface area contributed by atoms with E-state index < -0.39 is 0 Å². The second kappa shape index (κ2) is 5.63. The molecular formula is C10H12Br2N2O. The van der Waals surface area contributed by atoms with Crippen molar-refractivity contribution in [3.8, 4) is 0 Å². The van der Waals surface area contributed by atoms with Crippen LogP contribution in [0, 0.1) is 0 Å². The zero-order valence-electron chi connectivity index (χ0n) is 8.26. The highest BCUT2D eigenvalue weighted by atomic mass is 79.9. The van der Waals surface area contributed by atoms with Crippen LogP contribution in [0.1, 0.15) is 12.5 Å². The quantitative estimate of drug-likeness (QED) is 0.886. The van der Waals surface area contributed by atoms with Gasteiger partial charge in [-0.05, 0) is 56.5 Å². The Morgan fingerprint density at radius 3 is 2.67 bits per heavy atom. The molecule has 0 unspecified atom stereocenters. The van der Waals surface area contributed by atoms with E-state index in [9.17, 15) is 4.79 Å². The number of nitrogens with one attached hydrogen (secondary N) is 1. The molecule has 0 saturated carbocycles. The third-order valence-corrected chi connectivity index (χ3v) is 3.90. The Morgan fingerprint density at radius 2 is 2.13 bits per heavy atom. The van der Waals surface area contributed by atoms with Crippen molar-refractivity contribution in [1.82, 2.24) is 5.32 Å². The van der Waals surface area contributed by atoms with Gasteiger partial charge in [-0.15, -0.1) is 0 Å². The van der Waals surface area contributed by atoms with E-state index in [4.69, 9.17) is 5.73 Å². The molecule has 1 aromatic rings. The van der Waals surface area contributed by atoms with Crippen molar-refractivity contribution < 1.29 is 4.79 Å². The summed E-state index contributed by atoms with van der Waals surface area (Å²) in [5.74, 6) is -0.342. The largest absolute Gasteiger partial charge is 0.368 e. The van der Waals surface area contributed by atoms with Gasteiger partial charge in [0.05, 0.1) is 6.04 Å². The Morgan fingerprint density at radius 1 is 1.47 bits per heavy atom. The van der Waals surface area contributed by atoms with Crippen molar-refractivity contribution in [3.63, 3.8) is 0 Å². The lowest BCUT2D eigenvalue weighted by Crippen LogP contribution is -2.38. The molecule has 0 radical (unpaired) electrons. The van der Waals surface area contributed by atoms with Gasteiger partial charge >= 0.3 is 0 Å². The van der Waals surface area contributed by atoms with Crippen LogP contribution in [-0.4, -0.2) is 11.9 Å². The molecule has 3 N–H and O–H groups in total. The molecule has 5 heteroatoms. The maximum absolute atomic E-state index is 10.8. The minimum Gasteiger partial charge on any atom is -0.368 e. The van der Waals surface area contributed by atoms with Gasteiger partial charge in [0, 0.05) is 15.5 Å². The van der Waals surface area contributed by atoms with Crippen LogP contribution in [0.4, 0.5) is 0 Å². The van der Waals surface area contributed by atoms with Gasteiger partial charge in [0.15, 0.2) is 0 Å². The van der Waals surface area contributed by atoms with E-state index in [0.29, 0.717) is 6.54 Å². The number of nitrogens with two attached hydrogens (primary N) is 1. The van der Waals surface area contributed by atoms with E-state index >= 15 is 0 Å². The van der Waals surface area contributed by atoms with Crippen LogP contribution in [-0.2, 0) is 11.3 Å². The summed E-state index contributed by atoms with van der Waals surface area (Å²) in [5, 5.41) is 3.03. The SMILES string of the molecule is C[C@H](NCc1ccc(Br)c(Br)c1)C(N)=O. The number of rotatable bonds is 4. The standard InChI is InChI=1S/C10H12Br2N2O/c1-6(10(13)15)14-5-7-2-3-8(11)9(12)4-7/h2-4,6,14H,5H2,1H3,(H2,13,15)/t6-/m0/s1. The molecule has 1 rings (SSSR count). The van der Waals surface area contributed by atoms with Gasteiger partial charge in [0.1, 0.15) is 0 Å². The third-order valence-electron chi connectivity index (χ3n) is 2.02. The average Bonchev–Trinajstić information content (AvgIpc) is 2.19. The molecule has 0 aromatic heterocycles. The lowest BCUT2D eigenvalue weighted by atomic mass is 10.2. The second-order valence-corrected chi connectivity index (χ2v) is 4.96. The van der Waals surface area contributed by atoms with Gasteiger partial charge in [0.25, 0.3) is 0 Å². The minimum absolute atomic E-state index is 0.313. The lowest BCUT2D eigenvalue weighted by molar-refractivity contribution is -0.119. The molecule has 82 valence electrons. The number of benzene rings is 1. The van der Waals surface area contributed by atoms with Gasteiger partial charge in [0.2, 0.25) is 5.91 Å². The monoisotopic (exact) mass is 334 g/mol. The van der Waals surface area contributed by atoms with E-state index in [1.54, 1.807) is 6.92 Å². The molecule has 0 heterocycles. The predicted molar refractivity (Wildman–Crippen MR) is 67.3 cm³/mol. The highest BCUT2D eigenvalue weighted by molar-refractivity contribution is 9.13. The van der Waals surface area contributed by atoms with Crippen molar-refractivity contribution in [2.45, 2.75) is 19.5 Å². The molecule has 1 atom stereocenters. The molecule has 0 saturated heterocycles. The average molecular weight is 336 g/mol. The van der Waals surface area contributed by atoms with Gasteiger partial charge in [-0.3, -0.25) is 4.79 Å². The first-order chi connectivity index (χ1) is 7.00. The van der Waals surface area contributed by atoms with Crippen LogP contribution in [0.15, 0.2) is 27.1 Å². The normalized spacial score (nSPS) is 12.5. The summed E-state index contributed by atoms with van der Waals surface area (Å²) in [6.07, 6.45) is 0. The van der Waals surface area contributed by atoms with E-state index in [-0.39, 0.29) is 11.9 Å². The molecule has 0 aliphatic carbocycles. The molecular weight excluding hydrogens is 324 g/mol. The second-order valence-electron chi connectivity index (χ2n) is 3.25. The Balaban J connectivity index is 2.58. The van der Waals surface area contributed by atoms with Crippen LogP contribution in [0.3, 0.4) is 0 Å². The highest BCUT2D eigenvalue weighted by Gasteiger charge is 2.07. The zero-order valence-corrected chi connectivity index (χ0v) is 11.4. The number of carbonyl (C=O) groups is 1. The van der Waals surface area contributed by atoms with Crippen molar-refractivity contribution in [2.24, 2.45) is 5.73 Å². The van der Waals surface area contributed by atoms with E-state index in [2.05, 4.69) is 37.2 Å². The third kappa shape index (κ3) is 3.93. The molecule has 0 spiro atoms. The van der Waals surface area contributed by atoms with Crippen molar-refractivity contribution in [3.05, 3.63) is 32.7 Å². The smallest absolute Gasteiger partial charge is 0.234 e. The lowest BCUT2D eigenvalue weighted by Gasteiger charge is -2.10. The fraction of sp³-hybridized carbons (Fsp3) is 0.300. The highest BCUT2D eigenvalue weighted by Crippen LogP contribution is 2.23. The zero-order chi connectivity index (χ0) is 11.4. The summed E-state index contributed by atoms with van der Waals surface area (Å²) in [4.78, 5) is 10.8. The van der Waals surface area contributed by atoms with E-state index in [1.807, 2.05) is 18.2 Å². The Kier molecular flexibility index (Phi) is 4.76. The maximum Gasteiger partial charge on any atom is 0.234 e. The number of carbonyl (C=O) groups excluding carboxylic acids is 1. The Labute approximate surface area is 106 Å². The number of hydrogen-bond donors (Lipinski definition) is 2. The summed E-state index contributed by atoms with van der Waals surface area (Å²) in [6.45, 7) is 2.37. The summed E-state index contributed by atoms with van der Waals surface area (Å²) < 4.78 is 2.00. The predicted octanol–water partition coefficient (Wildman–Crippen LogP) is 2.17. The molecule has 15 heavy (non-hydrogen) atoms. The van der Waals surface area contributed by atoms with Crippen LogP contribution in [0.5, 0.6) is 0 Å². The van der Waals surface area contributed by atoms with Crippen LogP contribution < -0.4 is 11.1 Å². The van der Waals surface area contributed by atoms with Crippen molar-refractivity contribution >= 4 is 37.8 Å². The Hall–Kier alpha value is -0.390. The first kappa shape index (κ1) is 12.7. The van der Waals surface area contributed by atoms with E-state index in [1.165, 1.54) is 0 Å². The van der Waals surface area contributed by atoms with Crippen LogP contribution in [0.25, 0.3) is 0 Å².